The second kappa shape index (κ2) is 5.67. The number of rotatable bonds is 5. The van der Waals surface area contributed by atoms with Gasteiger partial charge in [0.05, 0.1) is 12.3 Å². The van der Waals surface area contributed by atoms with Crippen molar-refractivity contribution >= 4 is 0 Å². The van der Waals surface area contributed by atoms with Crippen LogP contribution in [0.25, 0.3) is 0 Å². The summed E-state index contributed by atoms with van der Waals surface area (Å²) < 4.78 is 0. The Morgan fingerprint density at radius 3 is 2.92 bits per heavy atom. The van der Waals surface area contributed by atoms with Crippen molar-refractivity contribution in [2.75, 3.05) is 6.61 Å². The van der Waals surface area contributed by atoms with Crippen molar-refractivity contribution < 1.29 is 5.11 Å². The maximum atomic E-state index is 8.92. The van der Waals surface area contributed by atoms with Gasteiger partial charge in [-0.3, -0.25) is 4.98 Å². The largest absolute Gasteiger partial charge is 0.395 e. The Labute approximate surface area is 78.8 Å². The highest BCUT2D eigenvalue weighted by atomic mass is 16.3. The van der Waals surface area contributed by atoms with Crippen molar-refractivity contribution in [1.29, 1.82) is 0 Å². The van der Waals surface area contributed by atoms with E-state index in [1.165, 1.54) is 0 Å². The number of aliphatic hydroxyl groups excluding tert-OH is 1. The average Bonchev–Trinajstić information content (AvgIpc) is 2.21. The Bertz CT molecular complexity index is 222. The molecule has 0 aliphatic rings. The molecule has 1 atom stereocenters. The fourth-order valence-corrected chi connectivity index (χ4v) is 1.09. The molecule has 0 fully saturated rings. The molecule has 1 rings (SSSR count). The summed E-state index contributed by atoms with van der Waals surface area (Å²) in [5.74, 6) is 0. The van der Waals surface area contributed by atoms with Crippen molar-refractivity contribution in [3.63, 3.8) is 0 Å². The molecule has 2 N–H and O–H groups in total. The first kappa shape index (κ1) is 10.2. The first-order valence-electron chi connectivity index (χ1n) is 4.61. The van der Waals surface area contributed by atoms with E-state index in [4.69, 9.17) is 5.11 Å². The van der Waals surface area contributed by atoms with Crippen LogP contribution in [0.1, 0.15) is 19.0 Å². The molecule has 0 spiro atoms. The van der Waals surface area contributed by atoms with Crippen molar-refractivity contribution in [3.05, 3.63) is 30.1 Å². The zero-order valence-corrected chi connectivity index (χ0v) is 7.90. The summed E-state index contributed by atoms with van der Waals surface area (Å²) in [7, 11) is 0. The molecule has 0 aliphatic heterocycles. The van der Waals surface area contributed by atoms with Gasteiger partial charge in [0, 0.05) is 18.8 Å². The minimum Gasteiger partial charge on any atom is -0.395 e. The van der Waals surface area contributed by atoms with Gasteiger partial charge in [-0.25, -0.2) is 0 Å². The number of pyridine rings is 1. The van der Waals surface area contributed by atoms with Crippen LogP contribution in [0.2, 0.25) is 0 Å². The van der Waals surface area contributed by atoms with Crippen LogP contribution in [0.4, 0.5) is 0 Å². The van der Waals surface area contributed by atoms with E-state index in [0.717, 1.165) is 18.7 Å². The Balaban J connectivity index is 2.34. The van der Waals surface area contributed by atoms with E-state index < -0.39 is 0 Å². The lowest BCUT2D eigenvalue weighted by molar-refractivity contribution is 0.238. The van der Waals surface area contributed by atoms with E-state index in [-0.39, 0.29) is 12.6 Å². The number of hydrogen-bond donors (Lipinski definition) is 2. The van der Waals surface area contributed by atoms with E-state index in [9.17, 15) is 0 Å². The molecule has 3 heteroatoms. The van der Waals surface area contributed by atoms with E-state index >= 15 is 0 Å². The van der Waals surface area contributed by atoms with Gasteiger partial charge >= 0.3 is 0 Å². The molecule has 3 nitrogen and oxygen atoms in total. The van der Waals surface area contributed by atoms with Gasteiger partial charge in [0.15, 0.2) is 0 Å². The van der Waals surface area contributed by atoms with E-state index in [2.05, 4.69) is 10.3 Å². The summed E-state index contributed by atoms with van der Waals surface area (Å²) in [6.45, 7) is 2.95. The molecule has 0 radical (unpaired) electrons. The minimum absolute atomic E-state index is 0.182. The minimum atomic E-state index is 0.182. The lowest BCUT2D eigenvalue weighted by atomic mass is 10.2. The van der Waals surface area contributed by atoms with E-state index in [1.54, 1.807) is 6.20 Å². The molecule has 1 heterocycles. The average molecular weight is 180 g/mol. The predicted molar refractivity (Wildman–Crippen MR) is 52.2 cm³/mol. The molecule has 1 aromatic heterocycles. The summed E-state index contributed by atoms with van der Waals surface area (Å²) in [5.41, 5.74) is 1.01. The zero-order valence-electron chi connectivity index (χ0n) is 7.90. The second-order valence-corrected chi connectivity index (χ2v) is 2.99. The lowest BCUT2D eigenvalue weighted by Crippen LogP contribution is -2.31. The number of aromatic nitrogens is 1. The van der Waals surface area contributed by atoms with Crippen LogP contribution in [0, 0.1) is 0 Å². The maximum absolute atomic E-state index is 8.92. The fraction of sp³-hybridized carbons (Fsp3) is 0.500. The summed E-state index contributed by atoms with van der Waals surface area (Å²) in [5, 5.41) is 12.1. The van der Waals surface area contributed by atoms with Gasteiger partial charge in [-0.1, -0.05) is 13.0 Å². The van der Waals surface area contributed by atoms with Gasteiger partial charge in [0.2, 0.25) is 0 Å². The number of hydrogen-bond acceptors (Lipinski definition) is 3. The summed E-state index contributed by atoms with van der Waals surface area (Å²) >= 11 is 0. The molecular weight excluding hydrogens is 164 g/mol. The zero-order chi connectivity index (χ0) is 9.52. The Morgan fingerprint density at radius 2 is 2.38 bits per heavy atom. The van der Waals surface area contributed by atoms with Crippen LogP contribution in [0.3, 0.4) is 0 Å². The summed E-state index contributed by atoms with van der Waals surface area (Å²) in [6.07, 6.45) is 2.71. The van der Waals surface area contributed by atoms with Crippen LogP contribution < -0.4 is 5.32 Å². The van der Waals surface area contributed by atoms with E-state index in [1.807, 2.05) is 25.1 Å². The Hall–Kier alpha value is -0.930. The highest BCUT2D eigenvalue weighted by Crippen LogP contribution is 1.95. The third-order valence-electron chi connectivity index (χ3n) is 2.01. The van der Waals surface area contributed by atoms with Crippen LogP contribution in [0.5, 0.6) is 0 Å². The molecule has 0 aliphatic carbocycles. The number of nitrogens with one attached hydrogen (secondary N) is 1. The van der Waals surface area contributed by atoms with Gasteiger partial charge in [-0.2, -0.15) is 0 Å². The van der Waals surface area contributed by atoms with Gasteiger partial charge in [0.25, 0.3) is 0 Å². The lowest BCUT2D eigenvalue weighted by Gasteiger charge is -2.12. The molecule has 13 heavy (non-hydrogen) atoms. The molecule has 1 aromatic rings. The SMILES string of the molecule is CCC(CO)NCc1ccccn1. The van der Waals surface area contributed by atoms with Gasteiger partial charge in [0.1, 0.15) is 0 Å². The number of aliphatic hydroxyl groups is 1. The Morgan fingerprint density at radius 1 is 1.54 bits per heavy atom. The van der Waals surface area contributed by atoms with Crippen LogP contribution in [-0.2, 0) is 6.54 Å². The monoisotopic (exact) mass is 180 g/mol. The highest BCUT2D eigenvalue weighted by molar-refractivity contribution is 5.03. The first-order chi connectivity index (χ1) is 6.36. The topological polar surface area (TPSA) is 45.1 Å². The molecule has 72 valence electrons. The van der Waals surface area contributed by atoms with Crippen molar-refractivity contribution in [2.24, 2.45) is 0 Å². The standard InChI is InChI=1S/C10H16N2O/c1-2-9(8-13)12-7-10-5-3-4-6-11-10/h3-6,9,12-13H,2,7-8H2,1H3. The quantitative estimate of drug-likeness (QED) is 0.709. The predicted octanol–water partition coefficient (Wildman–Crippen LogP) is 0.942. The molecule has 1 unspecified atom stereocenters. The first-order valence-corrected chi connectivity index (χ1v) is 4.61. The second-order valence-electron chi connectivity index (χ2n) is 2.99. The van der Waals surface area contributed by atoms with Crippen molar-refractivity contribution in [2.45, 2.75) is 25.9 Å². The Kier molecular flexibility index (Phi) is 4.43. The molecule has 0 aromatic carbocycles. The normalized spacial score (nSPS) is 12.8. The maximum Gasteiger partial charge on any atom is 0.0584 e. The molecule has 0 bridgehead atoms. The third kappa shape index (κ3) is 3.53. The summed E-state index contributed by atoms with van der Waals surface area (Å²) in [6, 6.07) is 6.01. The third-order valence-corrected chi connectivity index (χ3v) is 2.01. The van der Waals surface area contributed by atoms with Crippen molar-refractivity contribution in [3.8, 4) is 0 Å². The molecule has 0 amide bonds. The van der Waals surface area contributed by atoms with Gasteiger partial charge in [-0.15, -0.1) is 0 Å². The molecule has 0 saturated carbocycles. The highest BCUT2D eigenvalue weighted by Gasteiger charge is 2.02. The van der Waals surface area contributed by atoms with Crippen LogP contribution in [-0.4, -0.2) is 22.7 Å². The fourth-order valence-electron chi connectivity index (χ4n) is 1.09. The summed E-state index contributed by atoms with van der Waals surface area (Å²) in [4.78, 5) is 4.18. The van der Waals surface area contributed by atoms with Crippen LogP contribution >= 0.6 is 0 Å². The number of nitrogens with zero attached hydrogens (tertiary/aromatic N) is 1. The molecule has 0 saturated heterocycles. The smallest absolute Gasteiger partial charge is 0.0584 e. The van der Waals surface area contributed by atoms with E-state index in [0.29, 0.717) is 0 Å². The van der Waals surface area contributed by atoms with Gasteiger partial charge in [-0.05, 0) is 18.6 Å². The van der Waals surface area contributed by atoms with Crippen LogP contribution in [0.15, 0.2) is 24.4 Å². The van der Waals surface area contributed by atoms with Gasteiger partial charge < -0.3 is 10.4 Å². The molecular formula is C10H16N2O. The van der Waals surface area contributed by atoms with Crippen molar-refractivity contribution in [1.82, 2.24) is 10.3 Å².